The molecule has 0 saturated heterocycles. The van der Waals surface area contributed by atoms with E-state index in [2.05, 4.69) is 18.0 Å². The van der Waals surface area contributed by atoms with Crippen LogP contribution >= 0.6 is 0 Å². The number of carbonyl (C=O) groups excluding carboxylic acids is 1. The fourth-order valence-electron chi connectivity index (χ4n) is 3.90. The number of rotatable bonds is 4. The van der Waals surface area contributed by atoms with Gasteiger partial charge in [0.1, 0.15) is 0 Å². The molecule has 0 bridgehead atoms. The zero-order valence-electron chi connectivity index (χ0n) is 14.9. The lowest BCUT2D eigenvalue weighted by molar-refractivity contribution is 0.0519. The first-order chi connectivity index (χ1) is 11.7. The Balaban J connectivity index is 1.77. The third-order valence-electron chi connectivity index (χ3n) is 5.49. The average molecular weight is 329 g/mol. The van der Waals surface area contributed by atoms with Gasteiger partial charge in [-0.25, -0.2) is 4.99 Å². The van der Waals surface area contributed by atoms with E-state index >= 15 is 0 Å². The largest absolute Gasteiger partial charge is 0.484 e. The number of hydrogen-bond acceptors (Lipinski definition) is 4. The number of Topliss-reactive ketones (excluding diaryl/α,β-unsaturated/α-hetero) is 1. The summed E-state index contributed by atoms with van der Waals surface area (Å²) in [7, 11) is 3.44. The molecule has 1 heterocycles. The van der Waals surface area contributed by atoms with Crippen LogP contribution in [0.2, 0.25) is 0 Å². The van der Waals surface area contributed by atoms with Crippen LogP contribution < -0.4 is 0 Å². The lowest BCUT2D eigenvalue weighted by atomic mass is 9.81. The summed E-state index contributed by atoms with van der Waals surface area (Å²) < 4.78 is 10.8. The Hall–Kier alpha value is -1.68. The van der Waals surface area contributed by atoms with E-state index in [0.717, 1.165) is 55.7 Å². The molecule has 1 aliphatic heterocycles. The average Bonchev–Trinajstić information content (AvgIpc) is 2.65. The molecule has 1 unspecified atom stereocenters. The normalized spacial score (nSPS) is 26.5. The number of aliphatic imine (C=N–C) groups is 1. The first kappa shape index (κ1) is 17.2. The summed E-state index contributed by atoms with van der Waals surface area (Å²) in [6.07, 6.45) is 6.04. The highest BCUT2D eigenvalue weighted by atomic mass is 16.5. The van der Waals surface area contributed by atoms with Gasteiger partial charge >= 0.3 is 0 Å². The second-order valence-electron chi connectivity index (χ2n) is 6.88. The van der Waals surface area contributed by atoms with Crippen LogP contribution in [-0.4, -0.2) is 32.0 Å². The number of nitrogens with zero attached hydrogens (tertiary/aromatic N) is 1. The van der Waals surface area contributed by atoms with Crippen molar-refractivity contribution < 1.29 is 14.3 Å². The van der Waals surface area contributed by atoms with Crippen LogP contribution in [0.25, 0.3) is 0 Å². The molecule has 1 saturated carbocycles. The standard InChI is InChI=1S/C20H27NO3/c1-4-13-11-16-12-15(7-10-18(16)21-20(13)24-3)19(22)14-5-8-17(23-2)9-6-14/h7,10,12-14,17H,4-6,8-9,11H2,1-3H3. The summed E-state index contributed by atoms with van der Waals surface area (Å²) in [5.74, 6) is 1.53. The zero-order chi connectivity index (χ0) is 17.1. The minimum absolute atomic E-state index is 0.137. The number of methoxy groups -OCH3 is 2. The molecule has 0 aromatic heterocycles. The maximum Gasteiger partial charge on any atom is 0.191 e. The van der Waals surface area contributed by atoms with Gasteiger partial charge < -0.3 is 9.47 Å². The highest BCUT2D eigenvalue weighted by molar-refractivity contribution is 5.98. The van der Waals surface area contributed by atoms with Gasteiger partial charge in [0.2, 0.25) is 0 Å². The molecule has 0 amide bonds. The smallest absolute Gasteiger partial charge is 0.191 e. The van der Waals surface area contributed by atoms with Gasteiger partial charge in [-0.2, -0.15) is 0 Å². The Morgan fingerprint density at radius 1 is 1.21 bits per heavy atom. The van der Waals surface area contributed by atoms with Gasteiger partial charge in [0.15, 0.2) is 11.7 Å². The Kier molecular flexibility index (Phi) is 5.34. The molecular formula is C20H27NO3. The third-order valence-corrected chi connectivity index (χ3v) is 5.49. The van der Waals surface area contributed by atoms with Crippen LogP contribution in [0.15, 0.2) is 23.2 Å². The van der Waals surface area contributed by atoms with E-state index in [0.29, 0.717) is 12.0 Å². The summed E-state index contributed by atoms with van der Waals surface area (Å²) in [6.45, 7) is 2.15. The lowest BCUT2D eigenvalue weighted by Gasteiger charge is -2.27. The van der Waals surface area contributed by atoms with Crippen molar-refractivity contribution in [3.63, 3.8) is 0 Å². The molecule has 1 fully saturated rings. The van der Waals surface area contributed by atoms with Crippen LogP contribution in [-0.2, 0) is 15.9 Å². The minimum atomic E-state index is 0.137. The quantitative estimate of drug-likeness (QED) is 0.772. The summed E-state index contributed by atoms with van der Waals surface area (Å²) in [4.78, 5) is 17.5. The number of carbonyl (C=O) groups is 1. The highest BCUT2D eigenvalue weighted by Gasteiger charge is 2.28. The van der Waals surface area contributed by atoms with E-state index in [1.165, 1.54) is 5.56 Å². The molecule has 1 aromatic rings. The summed E-state index contributed by atoms with van der Waals surface area (Å²) >= 11 is 0. The molecule has 0 N–H and O–H groups in total. The fraction of sp³-hybridized carbons (Fsp3) is 0.600. The number of ether oxygens (including phenoxy) is 2. The van der Waals surface area contributed by atoms with Crippen molar-refractivity contribution in [1.29, 1.82) is 0 Å². The van der Waals surface area contributed by atoms with E-state index in [1.54, 1.807) is 14.2 Å². The van der Waals surface area contributed by atoms with E-state index in [9.17, 15) is 4.79 Å². The molecular weight excluding hydrogens is 302 g/mol. The minimum Gasteiger partial charge on any atom is -0.484 e. The Bertz CT molecular complexity index is 630. The fourth-order valence-corrected chi connectivity index (χ4v) is 3.90. The highest BCUT2D eigenvalue weighted by Crippen LogP contribution is 2.33. The maximum absolute atomic E-state index is 12.9. The zero-order valence-corrected chi connectivity index (χ0v) is 14.9. The van der Waals surface area contributed by atoms with Crippen LogP contribution in [0.1, 0.15) is 54.9 Å². The monoisotopic (exact) mass is 329 g/mol. The molecule has 0 radical (unpaired) electrons. The molecule has 24 heavy (non-hydrogen) atoms. The first-order valence-corrected chi connectivity index (χ1v) is 8.98. The number of ketones is 1. The van der Waals surface area contributed by atoms with Crippen LogP contribution in [0.5, 0.6) is 0 Å². The van der Waals surface area contributed by atoms with Crippen molar-refractivity contribution in [3.8, 4) is 0 Å². The predicted octanol–water partition coefficient (Wildman–Crippen LogP) is 4.33. The molecule has 1 atom stereocenters. The molecule has 0 spiro atoms. The van der Waals surface area contributed by atoms with Gasteiger partial charge in [-0.15, -0.1) is 0 Å². The molecule has 1 aliphatic carbocycles. The summed E-state index contributed by atoms with van der Waals surface area (Å²) in [6, 6.07) is 5.94. The number of fused-ring (bicyclic) bond motifs is 1. The van der Waals surface area contributed by atoms with Gasteiger partial charge in [0.25, 0.3) is 0 Å². The molecule has 3 rings (SSSR count). The van der Waals surface area contributed by atoms with Crippen molar-refractivity contribution in [1.82, 2.24) is 0 Å². The van der Waals surface area contributed by atoms with Gasteiger partial charge in [0.05, 0.1) is 18.9 Å². The second kappa shape index (κ2) is 7.47. The Labute approximate surface area is 144 Å². The van der Waals surface area contributed by atoms with Crippen LogP contribution in [0, 0.1) is 11.8 Å². The van der Waals surface area contributed by atoms with Crippen molar-refractivity contribution in [3.05, 3.63) is 29.3 Å². The Morgan fingerprint density at radius 2 is 1.96 bits per heavy atom. The van der Waals surface area contributed by atoms with Gasteiger partial charge in [-0.1, -0.05) is 6.92 Å². The number of benzene rings is 1. The van der Waals surface area contributed by atoms with E-state index in [-0.39, 0.29) is 11.7 Å². The first-order valence-electron chi connectivity index (χ1n) is 8.98. The molecule has 2 aliphatic rings. The maximum atomic E-state index is 12.9. The van der Waals surface area contributed by atoms with Gasteiger partial charge in [0, 0.05) is 24.5 Å². The van der Waals surface area contributed by atoms with Crippen molar-refractivity contribution >= 4 is 17.4 Å². The van der Waals surface area contributed by atoms with E-state index in [1.807, 2.05) is 12.1 Å². The van der Waals surface area contributed by atoms with Crippen molar-refractivity contribution in [2.45, 2.75) is 51.6 Å². The SMILES string of the molecule is CCC1Cc2cc(C(=O)C3CCC(OC)CC3)ccc2N=C1OC. The van der Waals surface area contributed by atoms with Crippen molar-refractivity contribution in [2.24, 2.45) is 16.8 Å². The summed E-state index contributed by atoms with van der Waals surface area (Å²) in [5, 5.41) is 0. The summed E-state index contributed by atoms with van der Waals surface area (Å²) in [5.41, 5.74) is 2.94. The third kappa shape index (κ3) is 3.39. The second-order valence-corrected chi connectivity index (χ2v) is 6.88. The number of hydrogen-bond donors (Lipinski definition) is 0. The van der Waals surface area contributed by atoms with E-state index in [4.69, 9.17) is 9.47 Å². The van der Waals surface area contributed by atoms with Crippen LogP contribution in [0.3, 0.4) is 0 Å². The molecule has 130 valence electrons. The van der Waals surface area contributed by atoms with Crippen molar-refractivity contribution in [2.75, 3.05) is 14.2 Å². The predicted molar refractivity (Wildman–Crippen MR) is 95.1 cm³/mol. The van der Waals surface area contributed by atoms with Crippen LogP contribution in [0.4, 0.5) is 5.69 Å². The van der Waals surface area contributed by atoms with Gasteiger partial charge in [-0.05, 0) is 62.3 Å². The molecule has 1 aromatic carbocycles. The molecule has 4 heteroatoms. The lowest BCUT2D eigenvalue weighted by Crippen LogP contribution is -2.26. The topological polar surface area (TPSA) is 47.9 Å². The molecule has 4 nitrogen and oxygen atoms in total. The Morgan fingerprint density at radius 3 is 2.58 bits per heavy atom. The van der Waals surface area contributed by atoms with Gasteiger partial charge in [-0.3, -0.25) is 4.79 Å². The van der Waals surface area contributed by atoms with E-state index < -0.39 is 0 Å².